The summed E-state index contributed by atoms with van der Waals surface area (Å²) in [5.74, 6) is 1.22. The average Bonchev–Trinajstić information content (AvgIpc) is 3.05. The maximum Gasteiger partial charge on any atom is 0.261 e. The molecule has 1 amide bonds. The topological polar surface area (TPSA) is 55.1 Å². The van der Waals surface area contributed by atoms with E-state index >= 15 is 0 Å². The first-order chi connectivity index (χ1) is 11.0. The van der Waals surface area contributed by atoms with Crippen molar-refractivity contribution in [3.63, 3.8) is 0 Å². The highest BCUT2D eigenvalue weighted by atomic mass is 32.1. The normalized spacial score (nSPS) is 10.8. The highest BCUT2D eigenvalue weighted by molar-refractivity contribution is 7.14. The smallest absolute Gasteiger partial charge is 0.261 e. The summed E-state index contributed by atoms with van der Waals surface area (Å²) in [4.78, 5) is 17.0. The van der Waals surface area contributed by atoms with Crippen LogP contribution in [0.4, 0.5) is 5.13 Å². The summed E-state index contributed by atoms with van der Waals surface area (Å²) < 4.78 is 5.51. The molecule has 1 aromatic carbocycles. The highest BCUT2D eigenvalue weighted by Crippen LogP contribution is 2.27. The van der Waals surface area contributed by atoms with E-state index in [1.807, 2.05) is 50.4 Å². The second-order valence-electron chi connectivity index (χ2n) is 5.57. The minimum atomic E-state index is -0.179. The van der Waals surface area contributed by atoms with Crippen LogP contribution in [-0.4, -0.2) is 10.9 Å². The third kappa shape index (κ3) is 3.05. The zero-order valence-electron chi connectivity index (χ0n) is 13.6. The Hall–Kier alpha value is -2.40. The van der Waals surface area contributed by atoms with Crippen molar-refractivity contribution in [1.82, 2.24) is 4.98 Å². The van der Waals surface area contributed by atoms with E-state index in [9.17, 15) is 4.79 Å². The van der Waals surface area contributed by atoms with Gasteiger partial charge in [-0.2, -0.15) is 0 Å². The minimum absolute atomic E-state index is 0.179. The monoisotopic (exact) mass is 326 g/mol. The summed E-state index contributed by atoms with van der Waals surface area (Å²) in [5, 5.41) is 5.39. The van der Waals surface area contributed by atoms with Crippen molar-refractivity contribution in [2.24, 2.45) is 0 Å². The van der Waals surface area contributed by atoms with Crippen molar-refractivity contribution in [3.8, 4) is 11.3 Å². The number of hydrogen-bond acceptors (Lipinski definition) is 4. The van der Waals surface area contributed by atoms with Crippen molar-refractivity contribution >= 4 is 22.4 Å². The van der Waals surface area contributed by atoms with Crippen LogP contribution in [0.5, 0.6) is 0 Å². The van der Waals surface area contributed by atoms with Gasteiger partial charge in [-0.15, -0.1) is 11.3 Å². The molecule has 2 heterocycles. The zero-order valence-corrected chi connectivity index (χ0v) is 14.4. The molecule has 0 aliphatic heterocycles. The van der Waals surface area contributed by atoms with E-state index in [0.29, 0.717) is 16.5 Å². The Morgan fingerprint density at radius 2 is 1.78 bits per heavy atom. The van der Waals surface area contributed by atoms with Crippen LogP contribution in [0, 0.1) is 27.7 Å². The first-order valence-electron chi connectivity index (χ1n) is 7.36. The molecule has 0 unspecified atom stereocenters. The summed E-state index contributed by atoms with van der Waals surface area (Å²) in [6.45, 7) is 7.60. The van der Waals surface area contributed by atoms with E-state index in [0.717, 1.165) is 22.6 Å². The van der Waals surface area contributed by atoms with Crippen molar-refractivity contribution in [3.05, 3.63) is 57.9 Å². The Morgan fingerprint density at radius 1 is 1.09 bits per heavy atom. The van der Waals surface area contributed by atoms with Gasteiger partial charge in [0.15, 0.2) is 5.13 Å². The Balaban J connectivity index is 1.81. The summed E-state index contributed by atoms with van der Waals surface area (Å²) >= 11 is 1.42. The molecule has 0 radical (unpaired) electrons. The highest BCUT2D eigenvalue weighted by Gasteiger charge is 2.19. The molecule has 5 heteroatoms. The second-order valence-corrected chi connectivity index (χ2v) is 6.43. The van der Waals surface area contributed by atoms with Crippen molar-refractivity contribution in [2.45, 2.75) is 27.7 Å². The molecule has 118 valence electrons. The van der Waals surface area contributed by atoms with Crippen molar-refractivity contribution in [1.29, 1.82) is 0 Å². The maximum atomic E-state index is 12.5. The molecule has 0 fully saturated rings. The van der Waals surface area contributed by atoms with Crippen molar-refractivity contribution in [2.75, 3.05) is 5.32 Å². The lowest BCUT2D eigenvalue weighted by atomic mass is 10.1. The molecule has 2 aromatic heterocycles. The molecule has 23 heavy (non-hydrogen) atoms. The van der Waals surface area contributed by atoms with Gasteiger partial charge in [-0.1, -0.05) is 29.8 Å². The molecule has 0 aliphatic carbocycles. The predicted octanol–water partition coefficient (Wildman–Crippen LogP) is 4.89. The number of anilines is 1. The van der Waals surface area contributed by atoms with Gasteiger partial charge in [-0.05, 0) is 27.7 Å². The number of amides is 1. The number of aryl methyl sites for hydroxylation is 3. The van der Waals surface area contributed by atoms with Gasteiger partial charge in [0.25, 0.3) is 5.91 Å². The number of carbonyl (C=O) groups excluding carboxylic acids is 1. The standard InChI is InChI=1S/C18H18N2O2S/c1-10-5-7-14(8-6-10)15-9-23-18(19-15)20-17(21)16-11(2)12(3)22-13(16)4/h5-9H,1-4H3,(H,19,20,21). The van der Waals surface area contributed by atoms with Gasteiger partial charge >= 0.3 is 0 Å². The number of benzene rings is 1. The molecule has 1 N–H and O–H groups in total. The number of nitrogens with zero attached hydrogens (tertiary/aromatic N) is 1. The van der Waals surface area contributed by atoms with Gasteiger partial charge in [0.05, 0.1) is 11.3 Å². The summed E-state index contributed by atoms with van der Waals surface area (Å²) in [6.07, 6.45) is 0. The Morgan fingerprint density at radius 3 is 2.39 bits per heavy atom. The lowest BCUT2D eigenvalue weighted by molar-refractivity contribution is 0.102. The van der Waals surface area contributed by atoms with Crippen LogP contribution in [-0.2, 0) is 0 Å². The molecule has 3 rings (SSSR count). The summed E-state index contributed by atoms with van der Waals surface area (Å²) in [6, 6.07) is 8.16. The Kier molecular flexibility index (Phi) is 4.05. The van der Waals surface area contributed by atoms with E-state index in [1.54, 1.807) is 6.92 Å². The summed E-state index contributed by atoms with van der Waals surface area (Å²) in [7, 11) is 0. The maximum absolute atomic E-state index is 12.5. The van der Waals surface area contributed by atoms with E-state index in [2.05, 4.69) is 10.3 Å². The molecule has 0 spiro atoms. The Labute approximate surface area is 139 Å². The van der Waals surface area contributed by atoms with Crippen LogP contribution in [0.1, 0.15) is 33.0 Å². The van der Waals surface area contributed by atoms with E-state index < -0.39 is 0 Å². The first kappa shape index (κ1) is 15.5. The lowest BCUT2D eigenvalue weighted by Gasteiger charge is -2.02. The molecule has 0 saturated heterocycles. The van der Waals surface area contributed by atoms with Crippen LogP contribution in [0.3, 0.4) is 0 Å². The molecule has 0 saturated carbocycles. The van der Waals surface area contributed by atoms with Crippen LogP contribution in [0.15, 0.2) is 34.1 Å². The molecule has 4 nitrogen and oxygen atoms in total. The molecule has 3 aromatic rings. The zero-order chi connectivity index (χ0) is 16.6. The fourth-order valence-corrected chi connectivity index (χ4v) is 3.19. The van der Waals surface area contributed by atoms with Gasteiger partial charge in [-0.25, -0.2) is 4.98 Å². The molecule has 0 bridgehead atoms. The second kappa shape index (κ2) is 6.01. The summed E-state index contributed by atoms with van der Waals surface area (Å²) in [5.41, 5.74) is 4.57. The van der Waals surface area contributed by atoms with Gasteiger partial charge in [0, 0.05) is 16.5 Å². The Bertz CT molecular complexity index is 860. The fourth-order valence-electron chi connectivity index (χ4n) is 2.48. The predicted molar refractivity (Wildman–Crippen MR) is 93.2 cm³/mol. The van der Waals surface area contributed by atoms with Gasteiger partial charge in [0.1, 0.15) is 11.5 Å². The average molecular weight is 326 g/mol. The number of hydrogen-bond donors (Lipinski definition) is 1. The van der Waals surface area contributed by atoms with E-state index in [-0.39, 0.29) is 5.91 Å². The minimum Gasteiger partial charge on any atom is -0.466 e. The fraction of sp³-hybridized carbons (Fsp3) is 0.222. The van der Waals surface area contributed by atoms with Crippen molar-refractivity contribution < 1.29 is 9.21 Å². The number of aromatic nitrogens is 1. The lowest BCUT2D eigenvalue weighted by Crippen LogP contribution is -2.13. The van der Waals surface area contributed by atoms with Gasteiger partial charge in [0.2, 0.25) is 0 Å². The quantitative estimate of drug-likeness (QED) is 0.745. The van der Waals surface area contributed by atoms with E-state index in [1.165, 1.54) is 16.9 Å². The number of thiazole rings is 1. The molecule has 0 atom stereocenters. The molecular formula is C18H18N2O2S. The van der Waals surface area contributed by atoms with Crippen LogP contribution in [0.2, 0.25) is 0 Å². The van der Waals surface area contributed by atoms with Gasteiger partial charge < -0.3 is 4.42 Å². The first-order valence-corrected chi connectivity index (χ1v) is 8.24. The third-order valence-electron chi connectivity index (χ3n) is 3.86. The SMILES string of the molecule is Cc1ccc(-c2csc(NC(=O)c3c(C)oc(C)c3C)n2)cc1. The van der Waals surface area contributed by atoms with Gasteiger partial charge in [-0.3, -0.25) is 10.1 Å². The largest absolute Gasteiger partial charge is 0.466 e. The van der Waals surface area contributed by atoms with Crippen LogP contribution >= 0.6 is 11.3 Å². The molecular weight excluding hydrogens is 308 g/mol. The number of rotatable bonds is 3. The van der Waals surface area contributed by atoms with Crippen LogP contribution in [0.25, 0.3) is 11.3 Å². The third-order valence-corrected chi connectivity index (χ3v) is 4.62. The van der Waals surface area contributed by atoms with Crippen LogP contribution < -0.4 is 5.32 Å². The van der Waals surface area contributed by atoms with E-state index in [4.69, 9.17) is 4.42 Å². The molecule has 0 aliphatic rings. The number of carbonyl (C=O) groups is 1. The number of furan rings is 1. The number of nitrogens with one attached hydrogen (secondary N) is 1.